The van der Waals surface area contributed by atoms with Crippen LogP contribution in [0, 0.1) is 6.92 Å². The van der Waals surface area contributed by atoms with Crippen LogP contribution in [-0.4, -0.2) is 44.2 Å². The number of fused-ring (bicyclic) bond motifs is 1. The first-order valence-corrected chi connectivity index (χ1v) is 8.50. The van der Waals surface area contributed by atoms with Crippen molar-refractivity contribution in [3.8, 4) is 5.75 Å². The molecule has 1 heterocycles. The van der Waals surface area contributed by atoms with Gasteiger partial charge in [0.05, 0.1) is 5.69 Å². The number of rotatable bonds is 8. The third-order valence-electron chi connectivity index (χ3n) is 3.88. The van der Waals surface area contributed by atoms with Crippen LogP contribution >= 0.6 is 0 Å². The first-order chi connectivity index (χ1) is 11.6. The molecule has 0 aromatic heterocycles. The van der Waals surface area contributed by atoms with Crippen molar-refractivity contribution >= 4 is 17.5 Å². The largest absolute Gasteiger partial charge is 0.478 e. The predicted molar refractivity (Wildman–Crippen MR) is 92.4 cm³/mol. The molecule has 0 radical (unpaired) electrons. The van der Waals surface area contributed by atoms with Crippen LogP contribution in [0.5, 0.6) is 5.75 Å². The molecule has 0 bridgehead atoms. The van der Waals surface area contributed by atoms with E-state index in [1.807, 2.05) is 39.0 Å². The van der Waals surface area contributed by atoms with Crippen molar-refractivity contribution in [3.63, 3.8) is 0 Å². The second-order valence-electron chi connectivity index (χ2n) is 5.81. The van der Waals surface area contributed by atoms with E-state index in [0.717, 1.165) is 12.0 Å². The lowest BCUT2D eigenvalue weighted by Crippen LogP contribution is -2.49. The lowest BCUT2D eigenvalue weighted by Gasteiger charge is -2.33. The Morgan fingerprint density at radius 2 is 2.17 bits per heavy atom. The first-order valence-electron chi connectivity index (χ1n) is 8.50. The molecule has 0 aliphatic carbocycles. The number of amides is 2. The third kappa shape index (κ3) is 4.47. The van der Waals surface area contributed by atoms with Gasteiger partial charge in [-0.25, -0.2) is 0 Å². The maximum absolute atomic E-state index is 12.6. The summed E-state index contributed by atoms with van der Waals surface area (Å²) in [5.41, 5.74) is 1.68. The fourth-order valence-electron chi connectivity index (χ4n) is 2.60. The van der Waals surface area contributed by atoms with Gasteiger partial charge in [-0.2, -0.15) is 0 Å². The van der Waals surface area contributed by atoms with Gasteiger partial charge in [0.15, 0.2) is 6.10 Å². The van der Waals surface area contributed by atoms with Crippen molar-refractivity contribution in [2.24, 2.45) is 0 Å². The highest BCUT2D eigenvalue weighted by Crippen LogP contribution is 2.35. The van der Waals surface area contributed by atoms with Gasteiger partial charge in [-0.1, -0.05) is 13.0 Å². The van der Waals surface area contributed by atoms with Crippen molar-refractivity contribution in [1.29, 1.82) is 0 Å². The zero-order valence-corrected chi connectivity index (χ0v) is 14.6. The minimum Gasteiger partial charge on any atom is -0.478 e. The Hall–Kier alpha value is -2.08. The molecule has 1 N–H and O–H groups in total. The summed E-state index contributed by atoms with van der Waals surface area (Å²) in [6.07, 6.45) is 0.786. The van der Waals surface area contributed by atoms with E-state index in [1.54, 1.807) is 0 Å². The van der Waals surface area contributed by atoms with Gasteiger partial charge in [0.1, 0.15) is 12.3 Å². The van der Waals surface area contributed by atoms with Gasteiger partial charge in [-0.15, -0.1) is 0 Å². The molecule has 0 fully saturated rings. The van der Waals surface area contributed by atoms with Crippen LogP contribution in [0.1, 0.15) is 32.3 Å². The lowest BCUT2D eigenvalue weighted by atomic mass is 10.1. The number of aryl methyl sites for hydroxylation is 1. The van der Waals surface area contributed by atoms with E-state index in [-0.39, 0.29) is 18.4 Å². The molecule has 1 aliphatic heterocycles. The highest BCUT2D eigenvalue weighted by Gasteiger charge is 2.34. The smallest absolute Gasteiger partial charge is 0.268 e. The van der Waals surface area contributed by atoms with E-state index >= 15 is 0 Å². The van der Waals surface area contributed by atoms with Crippen LogP contribution in [-0.2, 0) is 14.3 Å². The SMILES string of the molecule is CCOCCCNC(=O)CN1C(=O)C(CC)Oc2ccc(C)cc21. The van der Waals surface area contributed by atoms with Crippen LogP contribution in [0.2, 0.25) is 0 Å². The first kappa shape index (κ1) is 18.3. The molecule has 1 atom stereocenters. The molecule has 1 aliphatic rings. The quantitative estimate of drug-likeness (QED) is 0.739. The monoisotopic (exact) mass is 334 g/mol. The number of hydrogen-bond donors (Lipinski definition) is 1. The highest BCUT2D eigenvalue weighted by atomic mass is 16.5. The summed E-state index contributed by atoms with van der Waals surface area (Å²) in [5.74, 6) is 0.306. The highest BCUT2D eigenvalue weighted by molar-refractivity contribution is 6.03. The van der Waals surface area contributed by atoms with Crippen molar-refractivity contribution in [2.45, 2.75) is 39.7 Å². The van der Waals surface area contributed by atoms with Crippen LogP contribution in [0.15, 0.2) is 18.2 Å². The molecule has 0 spiro atoms. The Morgan fingerprint density at radius 1 is 1.38 bits per heavy atom. The summed E-state index contributed by atoms with van der Waals surface area (Å²) >= 11 is 0. The Labute approximate surface area is 143 Å². The molecule has 6 nitrogen and oxygen atoms in total. The minimum atomic E-state index is -0.536. The fraction of sp³-hybridized carbons (Fsp3) is 0.556. The molecule has 0 saturated heterocycles. The number of anilines is 1. The standard InChI is InChI=1S/C18H26N2O4/c1-4-15-18(22)20(12-17(21)19-9-6-10-23-5-2)14-11-13(3)7-8-16(14)24-15/h7-8,11,15H,4-6,9-10,12H2,1-3H3,(H,19,21). The number of nitrogens with one attached hydrogen (secondary N) is 1. The van der Waals surface area contributed by atoms with Crippen molar-refractivity contribution in [1.82, 2.24) is 5.32 Å². The van der Waals surface area contributed by atoms with E-state index in [4.69, 9.17) is 9.47 Å². The Bertz CT molecular complexity index is 588. The van der Waals surface area contributed by atoms with Gasteiger partial charge in [0.2, 0.25) is 5.91 Å². The fourth-order valence-corrected chi connectivity index (χ4v) is 2.60. The third-order valence-corrected chi connectivity index (χ3v) is 3.88. The van der Waals surface area contributed by atoms with Gasteiger partial charge in [-0.3, -0.25) is 14.5 Å². The molecule has 2 rings (SSSR count). The van der Waals surface area contributed by atoms with E-state index in [0.29, 0.717) is 37.6 Å². The maximum atomic E-state index is 12.6. The van der Waals surface area contributed by atoms with Gasteiger partial charge in [-0.05, 0) is 44.4 Å². The topological polar surface area (TPSA) is 67.9 Å². The summed E-state index contributed by atoms with van der Waals surface area (Å²) < 4.78 is 11.0. The normalized spacial score (nSPS) is 16.5. The number of carbonyl (C=O) groups is 2. The van der Waals surface area contributed by atoms with Gasteiger partial charge in [0.25, 0.3) is 5.91 Å². The molecular weight excluding hydrogens is 308 g/mol. The van der Waals surface area contributed by atoms with Crippen LogP contribution < -0.4 is 15.0 Å². The zero-order chi connectivity index (χ0) is 17.5. The molecule has 1 aromatic carbocycles. The molecule has 0 saturated carbocycles. The van der Waals surface area contributed by atoms with E-state index in [1.165, 1.54) is 4.90 Å². The van der Waals surface area contributed by atoms with Crippen molar-refractivity contribution < 1.29 is 19.1 Å². The number of carbonyl (C=O) groups excluding carboxylic acids is 2. The summed E-state index contributed by atoms with van der Waals surface area (Å²) in [6.45, 7) is 7.61. The molecule has 1 aromatic rings. The second kappa shape index (κ2) is 8.68. The molecule has 24 heavy (non-hydrogen) atoms. The zero-order valence-electron chi connectivity index (χ0n) is 14.6. The van der Waals surface area contributed by atoms with E-state index < -0.39 is 6.10 Å². The summed E-state index contributed by atoms with van der Waals surface area (Å²) in [6, 6.07) is 5.67. The number of nitrogens with zero attached hydrogens (tertiary/aromatic N) is 1. The van der Waals surface area contributed by atoms with Crippen LogP contribution in [0.25, 0.3) is 0 Å². The molecular formula is C18H26N2O4. The molecule has 1 unspecified atom stereocenters. The average molecular weight is 334 g/mol. The number of ether oxygens (including phenoxy) is 2. The average Bonchev–Trinajstić information content (AvgIpc) is 2.57. The van der Waals surface area contributed by atoms with Gasteiger partial charge >= 0.3 is 0 Å². The summed E-state index contributed by atoms with van der Waals surface area (Å²) in [7, 11) is 0. The summed E-state index contributed by atoms with van der Waals surface area (Å²) in [5, 5.41) is 2.83. The van der Waals surface area contributed by atoms with Crippen molar-refractivity contribution in [2.75, 3.05) is 31.2 Å². The Morgan fingerprint density at radius 3 is 2.88 bits per heavy atom. The molecule has 6 heteroatoms. The molecule has 132 valence electrons. The van der Waals surface area contributed by atoms with Crippen LogP contribution in [0.4, 0.5) is 5.69 Å². The lowest BCUT2D eigenvalue weighted by molar-refractivity contribution is -0.129. The Balaban J connectivity index is 2.03. The van der Waals surface area contributed by atoms with Gasteiger partial charge < -0.3 is 14.8 Å². The second-order valence-corrected chi connectivity index (χ2v) is 5.81. The number of hydrogen-bond acceptors (Lipinski definition) is 4. The predicted octanol–water partition coefficient (Wildman–Crippen LogP) is 2.04. The van der Waals surface area contributed by atoms with E-state index in [9.17, 15) is 9.59 Å². The number of benzene rings is 1. The maximum Gasteiger partial charge on any atom is 0.268 e. The Kier molecular flexibility index (Phi) is 6.61. The minimum absolute atomic E-state index is 0.00375. The van der Waals surface area contributed by atoms with Crippen LogP contribution in [0.3, 0.4) is 0 Å². The summed E-state index contributed by atoms with van der Waals surface area (Å²) in [4.78, 5) is 26.3. The van der Waals surface area contributed by atoms with Crippen molar-refractivity contribution in [3.05, 3.63) is 23.8 Å². The molecule has 2 amide bonds. The van der Waals surface area contributed by atoms with Gasteiger partial charge in [0, 0.05) is 19.8 Å². The van der Waals surface area contributed by atoms with E-state index in [2.05, 4.69) is 5.32 Å².